The largest absolute Gasteiger partial charge is 0.323 e. The van der Waals surface area contributed by atoms with Crippen molar-refractivity contribution in [2.24, 2.45) is 5.73 Å². The van der Waals surface area contributed by atoms with Crippen molar-refractivity contribution in [2.45, 2.75) is 32.2 Å². The average molecular weight is 300 g/mol. The molecule has 0 bridgehead atoms. The van der Waals surface area contributed by atoms with Crippen LogP contribution in [0.5, 0.6) is 0 Å². The van der Waals surface area contributed by atoms with E-state index in [1.165, 1.54) is 17.6 Å². The van der Waals surface area contributed by atoms with Crippen LogP contribution in [0.2, 0.25) is 5.02 Å². The molecule has 19 heavy (non-hydrogen) atoms. The van der Waals surface area contributed by atoms with Crippen LogP contribution >= 0.6 is 23.1 Å². The van der Waals surface area contributed by atoms with Crippen molar-refractivity contribution in [3.63, 3.8) is 0 Å². The molecular weight excluding hydrogens is 285 g/mol. The first-order valence-electron chi connectivity index (χ1n) is 6.13. The topological polar surface area (TPSA) is 51.8 Å². The monoisotopic (exact) mass is 299 g/mol. The van der Waals surface area contributed by atoms with Gasteiger partial charge in [-0.2, -0.15) is 0 Å². The Morgan fingerprint density at radius 2 is 2.26 bits per heavy atom. The Bertz CT molecular complexity index is 559. The number of halogens is 2. The van der Waals surface area contributed by atoms with Crippen LogP contribution in [0.1, 0.15) is 35.5 Å². The number of benzene rings is 1. The maximum Gasteiger partial charge on any atom is 0.142 e. The lowest BCUT2D eigenvalue weighted by molar-refractivity contribution is 0.622. The van der Waals surface area contributed by atoms with E-state index in [9.17, 15) is 4.39 Å². The van der Waals surface area contributed by atoms with E-state index in [1.807, 2.05) is 0 Å². The van der Waals surface area contributed by atoms with Gasteiger partial charge in [-0.3, -0.25) is 0 Å². The predicted molar refractivity (Wildman–Crippen MR) is 75.9 cm³/mol. The number of nitrogens with two attached hydrogens (primary N) is 1. The van der Waals surface area contributed by atoms with Crippen molar-refractivity contribution in [2.75, 3.05) is 0 Å². The Kier molecular flexibility index (Phi) is 4.85. The van der Waals surface area contributed by atoms with E-state index >= 15 is 0 Å². The first kappa shape index (κ1) is 14.4. The molecule has 1 unspecified atom stereocenters. The van der Waals surface area contributed by atoms with E-state index in [-0.39, 0.29) is 11.1 Å². The predicted octanol–water partition coefficient (Wildman–Crippen LogP) is 3.53. The van der Waals surface area contributed by atoms with Crippen molar-refractivity contribution < 1.29 is 4.39 Å². The molecule has 1 aromatic heterocycles. The van der Waals surface area contributed by atoms with Crippen molar-refractivity contribution in [3.8, 4) is 0 Å². The molecular formula is C13H15ClFN3S. The summed E-state index contributed by atoms with van der Waals surface area (Å²) in [7, 11) is 0. The zero-order valence-electron chi connectivity index (χ0n) is 10.6. The zero-order valence-corrected chi connectivity index (χ0v) is 12.1. The van der Waals surface area contributed by atoms with Crippen LogP contribution in [-0.2, 0) is 12.8 Å². The molecule has 1 heterocycles. The molecule has 0 aliphatic carbocycles. The Hall–Kier alpha value is -1.04. The fourth-order valence-electron chi connectivity index (χ4n) is 1.94. The Morgan fingerprint density at radius 1 is 1.47 bits per heavy atom. The lowest BCUT2D eigenvalue weighted by Crippen LogP contribution is -2.14. The van der Waals surface area contributed by atoms with E-state index in [1.54, 1.807) is 12.1 Å². The van der Waals surface area contributed by atoms with Gasteiger partial charge in [-0.25, -0.2) is 4.39 Å². The molecule has 102 valence electrons. The third kappa shape index (κ3) is 3.29. The molecule has 0 aliphatic rings. The molecule has 0 spiro atoms. The molecule has 0 aliphatic heterocycles. The van der Waals surface area contributed by atoms with Gasteiger partial charge in [0.1, 0.15) is 5.82 Å². The second kappa shape index (κ2) is 6.41. The maximum absolute atomic E-state index is 13.4. The van der Waals surface area contributed by atoms with Gasteiger partial charge in [0.25, 0.3) is 0 Å². The van der Waals surface area contributed by atoms with Crippen LogP contribution in [0.4, 0.5) is 4.39 Å². The summed E-state index contributed by atoms with van der Waals surface area (Å²) in [6, 6.07) is 4.52. The average Bonchev–Trinajstić information content (AvgIpc) is 2.84. The standard InChI is InChI=1S/C13H15ClFN3S/c1-2-4-11-13(19-18-17-11)10(16)7-8-5-3-6-9(15)12(8)14/h3,5-6,10H,2,4,7,16H2,1H3. The highest BCUT2D eigenvalue weighted by Gasteiger charge is 2.17. The lowest BCUT2D eigenvalue weighted by Gasteiger charge is -2.12. The molecule has 3 nitrogen and oxygen atoms in total. The number of aromatic nitrogens is 2. The van der Waals surface area contributed by atoms with Gasteiger partial charge >= 0.3 is 0 Å². The molecule has 6 heteroatoms. The second-order valence-corrected chi connectivity index (χ2v) is 5.52. The molecule has 0 radical (unpaired) electrons. The third-order valence-corrected chi connectivity index (χ3v) is 4.20. The molecule has 0 fully saturated rings. The minimum absolute atomic E-state index is 0.146. The summed E-state index contributed by atoms with van der Waals surface area (Å²) in [5, 5.41) is 4.24. The third-order valence-electron chi connectivity index (χ3n) is 2.88. The van der Waals surface area contributed by atoms with Gasteiger partial charge in [-0.1, -0.05) is 41.6 Å². The van der Waals surface area contributed by atoms with Crippen LogP contribution in [0.15, 0.2) is 18.2 Å². The van der Waals surface area contributed by atoms with E-state index < -0.39 is 5.82 Å². The van der Waals surface area contributed by atoms with Gasteiger partial charge in [0.2, 0.25) is 0 Å². The van der Waals surface area contributed by atoms with Crippen molar-refractivity contribution in [1.82, 2.24) is 9.59 Å². The van der Waals surface area contributed by atoms with Gasteiger partial charge < -0.3 is 5.73 Å². The number of rotatable bonds is 5. The first-order valence-corrected chi connectivity index (χ1v) is 7.28. The highest BCUT2D eigenvalue weighted by molar-refractivity contribution is 7.05. The normalized spacial score (nSPS) is 12.6. The number of aryl methyl sites for hydroxylation is 1. The van der Waals surface area contributed by atoms with Gasteiger partial charge in [-0.15, -0.1) is 5.10 Å². The summed E-state index contributed by atoms with van der Waals surface area (Å²) in [6.45, 7) is 2.08. The minimum atomic E-state index is -0.414. The lowest BCUT2D eigenvalue weighted by atomic mass is 10.0. The maximum atomic E-state index is 13.4. The highest BCUT2D eigenvalue weighted by atomic mass is 35.5. The summed E-state index contributed by atoms with van der Waals surface area (Å²) >= 11 is 7.25. The quantitative estimate of drug-likeness (QED) is 0.919. The molecule has 1 aromatic carbocycles. The SMILES string of the molecule is CCCc1nnsc1C(N)Cc1cccc(F)c1Cl. The summed E-state index contributed by atoms with van der Waals surface area (Å²) in [5.74, 6) is -0.414. The zero-order chi connectivity index (χ0) is 13.8. The minimum Gasteiger partial charge on any atom is -0.323 e. The molecule has 0 saturated heterocycles. The number of nitrogens with zero attached hydrogens (tertiary/aromatic N) is 2. The Morgan fingerprint density at radius 3 is 3.00 bits per heavy atom. The number of hydrogen-bond donors (Lipinski definition) is 1. The van der Waals surface area contributed by atoms with Crippen molar-refractivity contribution in [3.05, 3.63) is 45.2 Å². The fraction of sp³-hybridized carbons (Fsp3) is 0.385. The molecule has 1 atom stereocenters. The fourth-order valence-corrected chi connectivity index (χ4v) is 2.84. The Balaban J connectivity index is 2.18. The van der Waals surface area contributed by atoms with E-state index in [4.69, 9.17) is 17.3 Å². The Labute approximate surface area is 120 Å². The van der Waals surface area contributed by atoms with Crippen molar-refractivity contribution >= 4 is 23.1 Å². The smallest absolute Gasteiger partial charge is 0.142 e. The highest BCUT2D eigenvalue weighted by Crippen LogP contribution is 2.27. The van der Waals surface area contributed by atoms with E-state index in [0.717, 1.165) is 23.4 Å². The van der Waals surface area contributed by atoms with Gasteiger partial charge in [0.15, 0.2) is 0 Å². The van der Waals surface area contributed by atoms with E-state index in [2.05, 4.69) is 16.5 Å². The molecule has 2 aromatic rings. The second-order valence-electron chi connectivity index (χ2n) is 4.36. The molecule has 0 amide bonds. The summed E-state index contributed by atoms with van der Waals surface area (Å²) < 4.78 is 17.3. The van der Waals surface area contributed by atoms with Crippen LogP contribution in [0.3, 0.4) is 0 Å². The van der Waals surface area contributed by atoms with Gasteiger partial charge in [0.05, 0.1) is 15.6 Å². The van der Waals surface area contributed by atoms with Crippen molar-refractivity contribution in [1.29, 1.82) is 0 Å². The molecule has 2 N–H and O–H groups in total. The summed E-state index contributed by atoms with van der Waals surface area (Å²) in [4.78, 5) is 0.960. The molecule has 0 saturated carbocycles. The summed E-state index contributed by atoms with van der Waals surface area (Å²) in [6.07, 6.45) is 2.33. The number of hydrogen-bond acceptors (Lipinski definition) is 4. The van der Waals surface area contributed by atoms with Gasteiger partial charge in [0, 0.05) is 6.04 Å². The van der Waals surface area contributed by atoms with Crippen LogP contribution in [0.25, 0.3) is 0 Å². The van der Waals surface area contributed by atoms with Crippen LogP contribution in [0, 0.1) is 5.82 Å². The molecule has 2 rings (SSSR count). The van der Waals surface area contributed by atoms with Gasteiger partial charge in [-0.05, 0) is 36.0 Å². The summed E-state index contributed by atoms with van der Waals surface area (Å²) in [5.41, 5.74) is 7.82. The van der Waals surface area contributed by atoms with Crippen LogP contribution in [-0.4, -0.2) is 9.59 Å². The first-order chi connectivity index (χ1) is 9.13. The van der Waals surface area contributed by atoms with E-state index in [0.29, 0.717) is 12.0 Å². The van der Waals surface area contributed by atoms with Crippen LogP contribution < -0.4 is 5.73 Å².